The van der Waals surface area contributed by atoms with Crippen LogP contribution in [-0.2, 0) is 14.3 Å². The molecular weight excluding hydrogens is 447 g/mol. The molecule has 1 unspecified atom stereocenters. The van der Waals surface area contributed by atoms with Gasteiger partial charge in [0.05, 0.1) is 31.7 Å². The van der Waals surface area contributed by atoms with E-state index < -0.39 is 24.0 Å². The van der Waals surface area contributed by atoms with Crippen molar-refractivity contribution < 1.29 is 28.6 Å². The number of amides is 2. The summed E-state index contributed by atoms with van der Waals surface area (Å²) < 4.78 is 20.1. The first kappa shape index (κ1) is 24.6. The molecule has 0 saturated carbocycles. The van der Waals surface area contributed by atoms with Crippen molar-refractivity contribution in [2.45, 2.75) is 13.0 Å². The van der Waals surface area contributed by atoms with E-state index >= 15 is 0 Å². The molecular formula is C22H25FN6O5. The SMILES string of the molecule is CC(=O)NCC1CN(c2ccc(-c3ccc(N(C=N)CCNCC(=O)O)nc3)c(F)c2)C(=O)O1. The van der Waals surface area contributed by atoms with Gasteiger partial charge in [0.1, 0.15) is 17.7 Å². The molecule has 1 fully saturated rings. The number of rotatable bonds is 11. The van der Waals surface area contributed by atoms with Gasteiger partial charge in [0.25, 0.3) is 0 Å². The third-order valence-corrected chi connectivity index (χ3v) is 5.03. The van der Waals surface area contributed by atoms with Crippen molar-refractivity contribution in [3.05, 3.63) is 42.3 Å². The Balaban J connectivity index is 1.66. The maximum absolute atomic E-state index is 14.9. The van der Waals surface area contributed by atoms with Crippen LogP contribution in [0.4, 0.5) is 20.7 Å². The van der Waals surface area contributed by atoms with Crippen molar-refractivity contribution in [1.82, 2.24) is 15.6 Å². The van der Waals surface area contributed by atoms with Gasteiger partial charge in [-0.15, -0.1) is 0 Å². The number of nitrogens with one attached hydrogen (secondary N) is 3. The summed E-state index contributed by atoms with van der Waals surface area (Å²) in [4.78, 5) is 40.9. The van der Waals surface area contributed by atoms with Crippen LogP contribution in [0.3, 0.4) is 0 Å². The minimum atomic E-state index is -0.969. The van der Waals surface area contributed by atoms with Crippen LogP contribution in [0.1, 0.15) is 6.92 Å². The van der Waals surface area contributed by atoms with Gasteiger partial charge < -0.3 is 25.4 Å². The molecule has 0 aliphatic carbocycles. The molecule has 34 heavy (non-hydrogen) atoms. The molecule has 1 aromatic carbocycles. The van der Waals surface area contributed by atoms with Crippen molar-refractivity contribution in [1.29, 1.82) is 5.41 Å². The number of carbonyl (C=O) groups excluding carboxylic acids is 2. The number of nitrogens with zero attached hydrogens (tertiary/aromatic N) is 3. The number of aliphatic carboxylic acids is 1. The Hall–Kier alpha value is -4.06. The van der Waals surface area contributed by atoms with E-state index in [1.54, 1.807) is 24.3 Å². The highest BCUT2D eigenvalue weighted by Gasteiger charge is 2.32. The van der Waals surface area contributed by atoms with Gasteiger partial charge in [0.2, 0.25) is 5.91 Å². The summed E-state index contributed by atoms with van der Waals surface area (Å²) in [6.45, 7) is 2.23. The summed E-state index contributed by atoms with van der Waals surface area (Å²) in [5.74, 6) is -1.30. The number of cyclic esters (lactones) is 1. The van der Waals surface area contributed by atoms with Crippen LogP contribution < -0.4 is 20.4 Å². The maximum atomic E-state index is 14.9. The second kappa shape index (κ2) is 11.2. The molecule has 4 N–H and O–H groups in total. The molecule has 0 bridgehead atoms. The van der Waals surface area contributed by atoms with Crippen LogP contribution in [0.2, 0.25) is 0 Å². The number of pyridine rings is 1. The van der Waals surface area contributed by atoms with Crippen molar-refractivity contribution in [3.63, 3.8) is 0 Å². The number of aromatic nitrogens is 1. The molecule has 1 aliphatic rings. The average molecular weight is 472 g/mol. The number of carboxylic acids is 1. The highest BCUT2D eigenvalue weighted by molar-refractivity contribution is 5.90. The fraction of sp³-hybridized carbons (Fsp3) is 0.318. The number of ether oxygens (including phenoxy) is 1. The number of anilines is 2. The van der Waals surface area contributed by atoms with Crippen molar-refractivity contribution in [2.24, 2.45) is 0 Å². The van der Waals surface area contributed by atoms with Gasteiger partial charge in [-0.3, -0.25) is 19.9 Å². The summed E-state index contributed by atoms with van der Waals surface area (Å²) >= 11 is 0. The predicted molar refractivity (Wildman–Crippen MR) is 123 cm³/mol. The second-order valence-corrected chi connectivity index (χ2v) is 7.52. The molecule has 0 radical (unpaired) electrons. The van der Waals surface area contributed by atoms with Crippen LogP contribution in [-0.4, -0.2) is 73.2 Å². The molecule has 1 aromatic heterocycles. The standard InChI is InChI=1S/C22H25FN6O5/c1-14(30)26-10-17-12-29(22(33)34-17)16-3-4-18(19(23)8-16)15-2-5-20(27-9-15)28(13-24)7-6-25-11-21(31)32/h2-5,8-9,13,17,24-25H,6-7,10-12H2,1H3,(H,26,30)(H,31,32). The van der Waals surface area contributed by atoms with Crippen LogP contribution in [0.15, 0.2) is 36.5 Å². The lowest BCUT2D eigenvalue weighted by Gasteiger charge is -2.18. The highest BCUT2D eigenvalue weighted by atomic mass is 19.1. The molecule has 3 rings (SSSR count). The van der Waals surface area contributed by atoms with Gasteiger partial charge >= 0.3 is 12.1 Å². The number of carboxylic acid groups (broad SMARTS) is 1. The first-order chi connectivity index (χ1) is 16.3. The van der Waals surface area contributed by atoms with E-state index in [-0.39, 0.29) is 31.1 Å². The number of carbonyl (C=O) groups is 3. The van der Waals surface area contributed by atoms with Crippen LogP contribution in [0.5, 0.6) is 0 Å². The Bertz CT molecular complexity index is 1060. The average Bonchev–Trinajstić information content (AvgIpc) is 3.18. The first-order valence-electron chi connectivity index (χ1n) is 10.5. The molecule has 1 aliphatic heterocycles. The zero-order valence-electron chi connectivity index (χ0n) is 18.5. The van der Waals surface area contributed by atoms with E-state index in [0.717, 1.165) is 6.34 Å². The lowest BCUT2D eigenvalue weighted by atomic mass is 10.1. The van der Waals surface area contributed by atoms with E-state index in [2.05, 4.69) is 15.6 Å². The number of benzene rings is 1. The summed E-state index contributed by atoms with van der Waals surface area (Å²) in [5.41, 5.74) is 1.13. The zero-order valence-corrected chi connectivity index (χ0v) is 18.5. The maximum Gasteiger partial charge on any atom is 0.414 e. The largest absolute Gasteiger partial charge is 0.480 e. The summed E-state index contributed by atoms with van der Waals surface area (Å²) in [6, 6.07) is 7.68. The van der Waals surface area contributed by atoms with Gasteiger partial charge in [0, 0.05) is 37.3 Å². The Kier molecular flexibility index (Phi) is 8.09. The summed E-state index contributed by atoms with van der Waals surface area (Å²) in [5, 5.41) is 21.5. The lowest BCUT2D eigenvalue weighted by molar-refractivity contribution is -0.136. The van der Waals surface area contributed by atoms with Gasteiger partial charge in [-0.2, -0.15) is 0 Å². The van der Waals surface area contributed by atoms with Crippen LogP contribution >= 0.6 is 0 Å². The van der Waals surface area contributed by atoms with E-state index in [1.807, 2.05) is 0 Å². The van der Waals surface area contributed by atoms with Crippen molar-refractivity contribution in [2.75, 3.05) is 42.5 Å². The third kappa shape index (κ3) is 6.25. The Morgan fingerprint density at radius 3 is 2.79 bits per heavy atom. The number of halogens is 1. The van der Waals surface area contributed by atoms with E-state index in [9.17, 15) is 18.8 Å². The first-order valence-corrected chi connectivity index (χ1v) is 10.5. The van der Waals surface area contributed by atoms with Gasteiger partial charge in [-0.1, -0.05) is 0 Å². The highest BCUT2D eigenvalue weighted by Crippen LogP contribution is 2.29. The fourth-order valence-corrected chi connectivity index (χ4v) is 3.36. The van der Waals surface area contributed by atoms with Gasteiger partial charge in [-0.05, 0) is 30.3 Å². The fourth-order valence-electron chi connectivity index (χ4n) is 3.36. The van der Waals surface area contributed by atoms with E-state index in [0.29, 0.717) is 30.2 Å². The minimum Gasteiger partial charge on any atom is -0.480 e. The summed E-state index contributed by atoms with van der Waals surface area (Å²) in [6.07, 6.45) is 1.42. The van der Waals surface area contributed by atoms with Crippen molar-refractivity contribution >= 4 is 35.8 Å². The molecule has 180 valence electrons. The predicted octanol–water partition coefficient (Wildman–Crippen LogP) is 1.44. The normalized spacial score (nSPS) is 15.1. The van der Waals surface area contributed by atoms with Gasteiger partial charge in [0.15, 0.2) is 0 Å². The van der Waals surface area contributed by atoms with Crippen LogP contribution in [0.25, 0.3) is 11.1 Å². The number of hydrogen-bond acceptors (Lipinski definition) is 7. The van der Waals surface area contributed by atoms with Gasteiger partial charge in [-0.25, -0.2) is 14.2 Å². The van der Waals surface area contributed by atoms with E-state index in [1.165, 1.54) is 29.0 Å². The lowest BCUT2D eigenvalue weighted by Crippen LogP contribution is -2.33. The Morgan fingerprint density at radius 2 is 2.18 bits per heavy atom. The molecule has 2 heterocycles. The molecule has 0 spiro atoms. The van der Waals surface area contributed by atoms with Crippen molar-refractivity contribution in [3.8, 4) is 11.1 Å². The quantitative estimate of drug-likeness (QED) is 0.218. The number of hydrogen-bond donors (Lipinski definition) is 4. The topological polar surface area (TPSA) is 148 Å². The second-order valence-electron chi connectivity index (χ2n) is 7.52. The molecule has 11 nitrogen and oxygen atoms in total. The minimum absolute atomic E-state index is 0.179. The molecule has 2 aromatic rings. The zero-order chi connectivity index (χ0) is 24.7. The van der Waals surface area contributed by atoms with E-state index in [4.69, 9.17) is 15.3 Å². The molecule has 2 amide bonds. The third-order valence-electron chi connectivity index (χ3n) is 5.03. The monoisotopic (exact) mass is 472 g/mol. The molecule has 1 atom stereocenters. The Labute approximate surface area is 195 Å². The Morgan fingerprint density at radius 1 is 1.38 bits per heavy atom. The molecule has 12 heteroatoms. The van der Waals surface area contributed by atoms with Crippen LogP contribution in [0, 0.1) is 11.2 Å². The molecule has 1 saturated heterocycles. The smallest absolute Gasteiger partial charge is 0.414 e. The summed E-state index contributed by atoms with van der Waals surface area (Å²) in [7, 11) is 0.